The highest BCUT2D eigenvalue weighted by atomic mass is 32.1. The van der Waals surface area contributed by atoms with Gasteiger partial charge in [-0.2, -0.15) is 0 Å². The maximum Gasteiger partial charge on any atom is 0.265 e. The molecule has 0 radical (unpaired) electrons. The van der Waals surface area contributed by atoms with E-state index in [0.717, 1.165) is 12.1 Å². The molecular weight excluding hydrogens is 348 g/mol. The van der Waals surface area contributed by atoms with Gasteiger partial charge in [-0.1, -0.05) is 6.07 Å². The van der Waals surface area contributed by atoms with Crippen molar-refractivity contribution in [3.05, 3.63) is 40.1 Å². The Morgan fingerprint density at radius 1 is 1.23 bits per heavy atom. The summed E-state index contributed by atoms with van der Waals surface area (Å²) >= 11 is 1.39. The first-order chi connectivity index (χ1) is 12.3. The maximum atomic E-state index is 12.5. The molecule has 0 aliphatic heterocycles. The number of carbonyl (C=O) groups excluding carboxylic acids is 1. The smallest absolute Gasteiger partial charge is 0.265 e. The van der Waals surface area contributed by atoms with Gasteiger partial charge in [0.2, 0.25) is 0 Å². The third kappa shape index (κ3) is 4.77. The number of phenols is 1. The standard InChI is InChI=1S/C20H28N2O3S/c1-13(2)22(14(3)4)11-10-15-16(8-9-17(23)19(15)25-5)21-20(24)18-7-6-12-26-18/h6-9,12-14,23H,10-11H2,1-5H3,(H,21,24). The summed E-state index contributed by atoms with van der Waals surface area (Å²) in [6.45, 7) is 9.47. The first-order valence-electron chi connectivity index (χ1n) is 8.84. The molecule has 0 atom stereocenters. The Hall–Kier alpha value is -2.05. The van der Waals surface area contributed by atoms with E-state index >= 15 is 0 Å². The maximum absolute atomic E-state index is 12.5. The van der Waals surface area contributed by atoms with Crippen LogP contribution in [0.25, 0.3) is 0 Å². The van der Waals surface area contributed by atoms with Crippen molar-refractivity contribution < 1.29 is 14.6 Å². The predicted molar refractivity (Wildman–Crippen MR) is 108 cm³/mol. The molecule has 2 rings (SSSR count). The van der Waals surface area contributed by atoms with E-state index in [-0.39, 0.29) is 11.7 Å². The number of hydrogen-bond acceptors (Lipinski definition) is 5. The van der Waals surface area contributed by atoms with Crippen LogP contribution in [-0.2, 0) is 6.42 Å². The third-order valence-corrected chi connectivity index (χ3v) is 5.25. The Balaban J connectivity index is 2.29. The summed E-state index contributed by atoms with van der Waals surface area (Å²) in [5.41, 5.74) is 1.48. The summed E-state index contributed by atoms with van der Waals surface area (Å²) < 4.78 is 5.43. The van der Waals surface area contributed by atoms with E-state index in [1.165, 1.54) is 18.4 Å². The van der Waals surface area contributed by atoms with Gasteiger partial charge in [-0.15, -0.1) is 11.3 Å². The molecule has 0 saturated carbocycles. The van der Waals surface area contributed by atoms with Gasteiger partial charge >= 0.3 is 0 Å². The van der Waals surface area contributed by atoms with Crippen LogP contribution in [0.1, 0.15) is 42.9 Å². The molecule has 142 valence electrons. The zero-order valence-electron chi connectivity index (χ0n) is 16.1. The van der Waals surface area contributed by atoms with E-state index in [9.17, 15) is 9.90 Å². The number of aromatic hydroxyl groups is 1. The molecule has 1 aromatic heterocycles. The molecule has 6 heteroatoms. The van der Waals surface area contributed by atoms with Gasteiger partial charge in [0.25, 0.3) is 5.91 Å². The second kappa shape index (κ2) is 9.05. The number of thiophene rings is 1. The first-order valence-corrected chi connectivity index (χ1v) is 9.72. The van der Waals surface area contributed by atoms with Crippen molar-refractivity contribution in [1.29, 1.82) is 0 Å². The van der Waals surface area contributed by atoms with Crippen molar-refractivity contribution >= 4 is 22.9 Å². The van der Waals surface area contributed by atoms with Crippen LogP contribution >= 0.6 is 11.3 Å². The molecule has 1 aromatic carbocycles. The molecule has 0 fully saturated rings. The number of hydrogen-bond donors (Lipinski definition) is 2. The number of rotatable bonds is 8. The van der Waals surface area contributed by atoms with Crippen LogP contribution in [0, 0.1) is 0 Å². The largest absolute Gasteiger partial charge is 0.504 e. The molecule has 1 amide bonds. The average Bonchev–Trinajstić information content (AvgIpc) is 3.11. The molecule has 0 bridgehead atoms. The van der Waals surface area contributed by atoms with Gasteiger partial charge in [0, 0.05) is 29.9 Å². The van der Waals surface area contributed by atoms with E-state index in [4.69, 9.17) is 4.74 Å². The number of phenolic OH excluding ortho intramolecular Hbond substituents is 1. The fourth-order valence-corrected chi connectivity index (χ4v) is 3.77. The summed E-state index contributed by atoms with van der Waals surface area (Å²) in [4.78, 5) is 15.5. The highest BCUT2D eigenvalue weighted by Gasteiger charge is 2.19. The monoisotopic (exact) mass is 376 g/mol. The number of benzene rings is 1. The van der Waals surface area contributed by atoms with Crippen LogP contribution in [0.2, 0.25) is 0 Å². The summed E-state index contributed by atoms with van der Waals surface area (Å²) in [5, 5.41) is 15.0. The topological polar surface area (TPSA) is 61.8 Å². The molecule has 0 aliphatic rings. The minimum absolute atomic E-state index is 0.0808. The molecule has 0 aliphatic carbocycles. The lowest BCUT2D eigenvalue weighted by Gasteiger charge is -2.31. The Kier molecular flexibility index (Phi) is 7.06. The minimum atomic E-state index is -0.154. The Labute approximate surface area is 159 Å². The molecule has 26 heavy (non-hydrogen) atoms. The van der Waals surface area contributed by atoms with Gasteiger partial charge < -0.3 is 15.2 Å². The summed E-state index contributed by atoms with van der Waals surface area (Å²) in [6, 6.07) is 7.73. The van der Waals surface area contributed by atoms with Crippen molar-refractivity contribution in [3.8, 4) is 11.5 Å². The van der Waals surface area contributed by atoms with Crippen LogP contribution in [0.15, 0.2) is 29.6 Å². The van der Waals surface area contributed by atoms with Gasteiger partial charge in [-0.05, 0) is 57.7 Å². The molecule has 0 saturated heterocycles. The lowest BCUT2D eigenvalue weighted by Crippen LogP contribution is -2.38. The van der Waals surface area contributed by atoms with Crippen LogP contribution in [0.3, 0.4) is 0 Å². The van der Waals surface area contributed by atoms with Gasteiger partial charge in [0.15, 0.2) is 11.5 Å². The highest BCUT2D eigenvalue weighted by Crippen LogP contribution is 2.36. The summed E-state index contributed by atoms with van der Waals surface area (Å²) in [5.74, 6) is 0.345. The van der Waals surface area contributed by atoms with Gasteiger partial charge in [0.05, 0.1) is 12.0 Å². The molecular formula is C20H28N2O3S. The molecule has 0 spiro atoms. The highest BCUT2D eigenvalue weighted by molar-refractivity contribution is 7.12. The predicted octanol–water partition coefficient (Wildman–Crippen LogP) is 4.38. The number of methoxy groups -OCH3 is 1. The second-order valence-electron chi connectivity index (χ2n) is 6.75. The quantitative estimate of drug-likeness (QED) is 0.671. The third-order valence-electron chi connectivity index (χ3n) is 4.38. The number of nitrogens with one attached hydrogen (secondary N) is 1. The Bertz CT molecular complexity index is 719. The average molecular weight is 377 g/mol. The molecule has 2 aromatic rings. The zero-order chi connectivity index (χ0) is 19.3. The van der Waals surface area contributed by atoms with Gasteiger partial charge in [-0.3, -0.25) is 9.69 Å². The van der Waals surface area contributed by atoms with Crippen LogP contribution in [0.5, 0.6) is 11.5 Å². The summed E-state index contributed by atoms with van der Waals surface area (Å²) in [7, 11) is 1.53. The van der Waals surface area contributed by atoms with Crippen molar-refractivity contribution in [1.82, 2.24) is 4.90 Å². The molecule has 2 N–H and O–H groups in total. The van der Waals surface area contributed by atoms with Crippen molar-refractivity contribution in [3.63, 3.8) is 0 Å². The first kappa shape index (κ1) is 20.3. The van der Waals surface area contributed by atoms with Crippen molar-refractivity contribution in [2.45, 2.75) is 46.2 Å². The summed E-state index contributed by atoms with van der Waals surface area (Å²) in [6.07, 6.45) is 0.661. The Morgan fingerprint density at radius 2 is 1.92 bits per heavy atom. The molecule has 1 heterocycles. The minimum Gasteiger partial charge on any atom is -0.504 e. The van der Waals surface area contributed by atoms with E-state index < -0.39 is 0 Å². The van der Waals surface area contributed by atoms with Gasteiger partial charge in [0.1, 0.15) is 0 Å². The fraction of sp³-hybridized carbons (Fsp3) is 0.450. The Morgan fingerprint density at radius 3 is 2.46 bits per heavy atom. The van der Waals surface area contributed by atoms with E-state index in [2.05, 4.69) is 37.9 Å². The fourth-order valence-electron chi connectivity index (χ4n) is 3.15. The lowest BCUT2D eigenvalue weighted by molar-refractivity contribution is 0.103. The number of nitrogens with zero attached hydrogens (tertiary/aromatic N) is 1. The zero-order valence-corrected chi connectivity index (χ0v) is 16.9. The molecule has 5 nitrogen and oxygen atoms in total. The lowest BCUT2D eigenvalue weighted by atomic mass is 10.1. The SMILES string of the molecule is COc1c(O)ccc(NC(=O)c2cccs2)c1CCN(C(C)C)C(C)C. The van der Waals surface area contributed by atoms with Gasteiger partial charge in [-0.25, -0.2) is 0 Å². The number of anilines is 1. The van der Waals surface area contributed by atoms with E-state index in [1.54, 1.807) is 18.2 Å². The number of ether oxygens (including phenoxy) is 1. The van der Waals surface area contributed by atoms with Crippen molar-refractivity contribution in [2.24, 2.45) is 0 Å². The van der Waals surface area contributed by atoms with Crippen molar-refractivity contribution in [2.75, 3.05) is 19.0 Å². The van der Waals surface area contributed by atoms with Crippen LogP contribution < -0.4 is 10.1 Å². The van der Waals surface area contributed by atoms with E-state index in [1.807, 2.05) is 11.4 Å². The normalized spacial score (nSPS) is 11.4. The number of amides is 1. The number of carbonyl (C=O) groups is 1. The van der Waals surface area contributed by atoms with Crippen LogP contribution in [-0.4, -0.2) is 41.7 Å². The van der Waals surface area contributed by atoms with Crippen LogP contribution in [0.4, 0.5) is 5.69 Å². The second-order valence-corrected chi connectivity index (χ2v) is 7.70. The van der Waals surface area contributed by atoms with E-state index in [0.29, 0.717) is 34.8 Å². The molecule has 0 unspecified atom stereocenters.